The van der Waals surface area contributed by atoms with Crippen molar-refractivity contribution in [3.05, 3.63) is 29.8 Å². The summed E-state index contributed by atoms with van der Waals surface area (Å²) in [7, 11) is 0. The van der Waals surface area contributed by atoms with Gasteiger partial charge in [0.25, 0.3) is 0 Å². The molecule has 0 bridgehead atoms. The molecule has 132 valence electrons. The van der Waals surface area contributed by atoms with Gasteiger partial charge in [-0.2, -0.15) is 0 Å². The van der Waals surface area contributed by atoms with E-state index in [-0.39, 0.29) is 5.91 Å². The summed E-state index contributed by atoms with van der Waals surface area (Å²) in [6.07, 6.45) is 4.25. The summed E-state index contributed by atoms with van der Waals surface area (Å²) in [5.74, 6) is 1.59. The van der Waals surface area contributed by atoms with E-state index in [0.717, 1.165) is 31.1 Å². The van der Waals surface area contributed by atoms with Crippen LogP contribution in [0.25, 0.3) is 0 Å². The van der Waals surface area contributed by atoms with Crippen molar-refractivity contribution in [2.75, 3.05) is 18.0 Å². The highest BCUT2D eigenvalue weighted by Crippen LogP contribution is 2.35. The number of amides is 1. The number of likely N-dealkylation sites (tertiary alicyclic amines) is 1. The predicted molar refractivity (Wildman–Crippen MR) is 100 cm³/mol. The summed E-state index contributed by atoms with van der Waals surface area (Å²) in [6.45, 7) is 11.5. The Kier molecular flexibility index (Phi) is 5.29. The van der Waals surface area contributed by atoms with Crippen LogP contribution < -0.4 is 4.90 Å². The molecule has 3 heteroatoms. The fraction of sp³-hybridized carbons (Fsp3) is 0.667. The Hall–Kier alpha value is -1.35. The molecule has 1 amide bonds. The van der Waals surface area contributed by atoms with E-state index >= 15 is 0 Å². The van der Waals surface area contributed by atoms with E-state index in [0.29, 0.717) is 24.4 Å². The standard InChI is InChI=1S/C21H32N2O/c1-15(2)9-10-17(4)22-12-11-19(16(3)14-22)23-20-8-6-5-7-18(20)13-21(23)24/h5-8,15-17,19H,9-14H2,1-4H3. The molecule has 1 fully saturated rings. The molecule has 3 atom stereocenters. The minimum Gasteiger partial charge on any atom is -0.308 e. The molecule has 0 spiro atoms. The van der Waals surface area contributed by atoms with Gasteiger partial charge < -0.3 is 9.80 Å². The van der Waals surface area contributed by atoms with Crippen molar-refractivity contribution in [3.8, 4) is 0 Å². The largest absolute Gasteiger partial charge is 0.308 e. The lowest BCUT2D eigenvalue weighted by Gasteiger charge is -2.43. The second-order valence-electron chi connectivity index (χ2n) is 8.22. The lowest BCUT2D eigenvalue weighted by molar-refractivity contribution is -0.118. The Balaban J connectivity index is 1.65. The van der Waals surface area contributed by atoms with Gasteiger partial charge in [0.1, 0.15) is 0 Å². The Morgan fingerprint density at radius 3 is 2.62 bits per heavy atom. The van der Waals surface area contributed by atoms with Crippen LogP contribution in [0.3, 0.4) is 0 Å². The molecule has 24 heavy (non-hydrogen) atoms. The van der Waals surface area contributed by atoms with Gasteiger partial charge in [0.2, 0.25) is 5.91 Å². The molecule has 0 aromatic heterocycles. The van der Waals surface area contributed by atoms with Crippen LogP contribution >= 0.6 is 0 Å². The third-order valence-electron chi connectivity index (χ3n) is 5.87. The lowest BCUT2D eigenvalue weighted by Crippen LogP contribution is -2.53. The molecule has 1 aromatic rings. The zero-order valence-corrected chi connectivity index (χ0v) is 15.7. The van der Waals surface area contributed by atoms with Gasteiger partial charge >= 0.3 is 0 Å². The second kappa shape index (κ2) is 7.26. The van der Waals surface area contributed by atoms with Gasteiger partial charge in [0, 0.05) is 30.9 Å². The average Bonchev–Trinajstić information content (AvgIpc) is 2.88. The van der Waals surface area contributed by atoms with Crippen molar-refractivity contribution in [1.82, 2.24) is 4.90 Å². The first-order valence-corrected chi connectivity index (χ1v) is 9.61. The fourth-order valence-corrected chi connectivity index (χ4v) is 4.35. The van der Waals surface area contributed by atoms with Crippen LogP contribution in [0.15, 0.2) is 24.3 Å². The van der Waals surface area contributed by atoms with E-state index in [9.17, 15) is 4.79 Å². The summed E-state index contributed by atoms with van der Waals surface area (Å²) >= 11 is 0. The molecule has 2 aliphatic heterocycles. The van der Waals surface area contributed by atoms with Gasteiger partial charge in [-0.3, -0.25) is 4.79 Å². The lowest BCUT2D eigenvalue weighted by atomic mass is 9.90. The maximum Gasteiger partial charge on any atom is 0.231 e. The first-order valence-electron chi connectivity index (χ1n) is 9.61. The van der Waals surface area contributed by atoms with E-state index in [4.69, 9.17) is 0 Å². The Morgan fingerprint density at radius 2 is 1.92 bits per heavy atom. The number of para-hydroxylation sites is 1. The third-order valence-corrected chi connectivity index (χ3v) is 5.87. The van der Waals surface area contributed by atoms with Crippen LogP contribution in [0.2, 0.25) is 0 Å². The number of fused-ring (bicyclic) bond motifs is 1. The molecular formula is C21H32N2O. The van der Waals surface area contributed by atoms with Crippen molar-refractivity contribution in [2.45, 2.75) is 65.5 Å². The first kappa shape index (κ1) is 17.5. The Bertz CT molecular complexity index is 583. The monoisotopic (exact) mass is 328 g/mol. The number of benzene rings is 1. The molecule has 1 aromatic carbocycles. The molecule has 2 aliphatic rings. The minimum atomic E-state index is 0.286. The maximum atomic E-state index is 12.6. The van der Waals surface area contributed by atoms with Gasteiger partial charge in [-0.05, 0) is 49.7 Å². The van der Waals surface area contributed by atoms with Crippen molar-refractivity contribution in [1.29, 1.82) is 0 Å². The van der Waals surface area contributed by atoms with Crippen LogP contribution in [0, 0.1) is 11.8 Å². The molecule has 0 radical (unpaired) electrons. The molecule has 0 N–H and O–H groups in total. The van der Waals surface area contributed by atoms with Crippen molar-refractivity contribution in [2.24, 2.45) is 11.8 Å². The number of hydrogen-bond acceptors (Lipinski definition) is 2. The van der Waals surface area contributed by atoms with Crippen LogP contribution in [0.1, 0.15) is 52.5 Å². The molecule has 2 heterocycles. The summed E-state index contributed by atoms with van der Waals surface area (Å²) < 4.78 is 0. The highest BCUT2D eigenvalue weighted by Gasteiger charge is 2.38. The topological polar surface area (TPSA) is 23.6 Å². The number of nitrogens with zero attached hydrogens (tertiary/aromatic N) is 2. The predicted octanol–water partition coefficient (Wildman–Crippen LogP) is 4.11. The highest BCUT2D eigenvalue weighted by molar-refractivity contribution is 6.01. The molecule has 3 nitrogen and oxygen atoms in total. The van der Waals surface area contributed by atoms with Gasteiger partial charge in [-0.25, -0.2) is 0 Å². The molecule has 0 saturated carbocycles. The summed E-state index contributed by atoms with van der Waals surface area (Å²) in [5.41, 5.74) is 2.35. The SMILES string of the molecule is CC(C)CCC(C)N1CCC(N2C(=O)Cc3ccccc32)C(C)C1. The Labute approximate surface area is 147 Å². The zero-order chi connectivity index (χ0) is 17.3. The molecular weight excluding hydrogens is 296 g/mol. The third kappa shape index (κ3) is 3.51. The fourth-order valence-electron chi connectivity index (χ4n) is 4.35. The van der Waals surface area contributed by atoms with Crippen LogP contribution in [0.4, 0.5) is 5.69 Å². The summed E-state index contributed by atoms with van der Waals surface area (Å²) in [6, 6.07) is 9.31. The average molecular weight is 329 g/mol. The highest BCUT2D eigenvalue weighted by atomic mass is 16.2. The van der Waals surface area contributed by atoms with Crippen molar-refractivity contribution in [3.63, 3.8) is 0 Å². The van der Waals surface area contributed by atoms with Crippen LogP contribution in [-0.4, -0.2) is 36.0 Å². The van der Waals surface area contributed by atoms with Crippen molar-refractivity contribution < 1.29 is 4.79 Å². The second-order valence-corrected chi connectivity index (χ2v) is 8.22. The van der Waals surface area contributed by atoms with E-state index < -0.39 is 0 Å². The number of carbonyl (C=O) groups is 1. The zero-order valence-electron chi connectivity index (χ0n) is 15.7. The van der Waals surface area contributed by atoms with Gasteiger partial charge in [0.05, 0.1) is 6.42 Å². The number of piperidine rings is 1. The quantitative estimate of drug-likeness (QED) is 0.812. The molecule has 3 unspecified atom stereocenters. The molecule has 3 rings (SSSR count). The Morgan fingerprint density at radius 1 is 1.17 bits per heavy atom. The van der Waals surface area contributed by atoms with Gasteiger partial charge in [0.15, 0.2) is 0 Å². The van der Waals surface area contributed by atoms with E-state index in [1.165, 1.54) is 18.4 Å². The van der Waals surface area contributed by atoms with Gasteiger partial charge in [-0.15, -0.1) is 0 Å². The number of anilines is 1. The summed E-state index contributed by atoms with van der Waals surface area (Å²) in [5, 5.41) is 0. The molecule has 0 aliphatic carbocycles. The van der Waals surface area contributed by atoms with E-state index in [1.54, 1.807) is 0 Å². The first-order chi connectivity index (χ1) is 11.5. The summed E-state index contributed by atoms with van der Waals surface area (Å²) in [4.78, 5) is 17.3. The maximum absolute atomic E-state index is 12.6. The number of hydrogen-bond donors (Lipinski definition) is 0. The molecule has 1 saturated heterocycles. The number of rotatable bonds is 5. The van der Waals surface area contributed by atoms with Crippen molar-refractivity contribution >= 4 is 11.6 Å². The van der Waals surface area contributed by atoms with Crippen LogP contribution in [-0.2, 0) is 11.2 Å². The minimum absolute atomic E-state index is 0.286. The van der Waals surface area contributed by atoms with Gasteiger partial charge in [-0.1, -0.05) is 39.0 Å². The van der Waals surface area contributed by atoms with E-state index in [2.05, 4.69) is 55.7 Å². The number of carbonyl (C=O) groups excluding carboxylic acids is 1. The normalized spacial score (nSPS) is 26.0. The smallest absolute Gasteiger partial charge is 0.231 e. The van der Waals surface area contributed by atoms with E-state index in [1.807, 2.05) is 6.07 Å². The van der Waals surface area contributed by atoms with Crippen LogP contribution in [0.5, 0.6) is 0 Å².